The van der Waals surface area contributed by atoms with Gasteiger partial charge in [0.05, 0.1) is 5.56 Å². The average molecular weight is 282 g/mol. The Kier molecular flexibility index (Phi) is 3.28. The number of para-hydroxylation sites is 1. The molecular weight excluding hydrogens is 271 g/mol. The summed E-state index contributed by atoms with van der Waals surface area (Å²) in [6, 6.07) is 16.1. The Balaban J connectivity index is 2.14. The Morgan fingerprint density at radius 1 is 0.857 bits per heavy atom. The Bertz CT molecular complexity index is 827. The van der Waals surface area contributed by atoms with Crippen LogP contribution in [0.25, 0.3) is 10.8 Å². The van der Waals surface area contributed by atoms with Crippen LogP contribution in [0.3, 0.4) is 0 Å². The van der Waals surface area contributed by atoms with Gasteiger partial charge in [0, 0.05) is 5.39 Å². The van der Waals surface area contributed by atoms with E-state index in [0.29, 0.717) is 16.5 Å². The van der Waals surface area contributed by atoms with Gasteiger partial charge in [-0.15, -0.1) is 0 Å². The molecule has 0 bridgehead atoms. The van der Waals surface area contributed by atoms with Gasteiger partial charge in [0.15, 0.2) is 11.6 Å². The first-order valence-electron chi connectivity index (χ1n) is 6.34. The number of fused-ring (bicyclic) bond motifs is 1. The molecular formula is C17H11FO3. The summed E-state index contributed by atoms with van der Waals surface area (Å²) in [7, 11) is 0. The van der Waals surface area contributed by atoms with Crippen molar-refractivity contribution in [2.45, 2.75) is 0 Å². The average Bonchev–Trinajstić information content (AvgIpc) is 2.49. The minimum Gasteiger partial charge on any atom is -0.478 e. The van der Waals surface area contributed by atoms with Gasteiger partial charge in [0.2, 0.25) is 0 Å². The lowest BCUT2D eigenvalue weighted by molar-refractivity contribution is 0.0699. The Hall–Kier alpha value is -2.88. The van der Waals surface area contributed by atoms with E-state index in [-0.39, 0.29) is 11.3 Å². The van der Waals surface area contributed by atoms with E-state index in [9.17, 15) is 14.3 Å². The van der Waals surface area contributed by atoms with Crippen LogP contribution in [0.15, 0.2) is 60.7 Å². The van der Waals surface area contributed by atoms with Crippen molar-refractivity contribution in [3.05, 3.63) is 72.0 Å². The van der Waals surface area contributed by atoms with Gasteiger partial charge in [-0.25, -0.2) is 9.18 Å². The lowest BCUT2D eigenvalue weighted by Gasteiger charge is -2.11. The van der Waals surface area contributed by atoms with Crippen molar-refractivity contribution in [2.24, 2.45) is 0 Å². The Morgan fingerprint density at radius 3 is 2.24 bits per heavy atom. The number of halogens is 1. The number of benzene rings is 3. The van der Waals surface area contributed by atoms with E-state index in [1.807, 2.05) is 0 Å². The highest BCUT2D eigenvalue weighted by Crippen LogP contribution is 2.32. The van der Waals surface area contributed by atoms with Gasteiger partial charge in [-0.05, 0) is 29.7 Å². The smallest absolute Gasteiger partial charge is 0.336 e. The molecule has 0 saturated carbocycles. The van der Waals surface area contributed by atoms with Crippen molar-refractivity contribution in [1.29, 1.82) is 0 Å². The molecule has 0 aliphatic carbocycles. The maximum absolute atomic E-state index is 13.7. The number of carbonyl (C=O) groups is 1. The van der Waals surface area contributed by atoms with Gasteiger partial charge in [0.1, 0.15) is 5.75 Å². The standard InChI is InChI=1S/C17H11FO3/c18-14-7-3-4-8-16(14)21-15-10-9-13(17(19)20)11-5-1-2-6-12(11)15/h1-10H,(H,19,20). The number of ether oxygens (including phenoxy) is 1. The zero-order valence-corrected chi connectivity index (χ0v) is 10.9. The van der Waals surface area contributed by atoms with E-state index < -0.39 is 11.8 Å². The quantitative estimate of drug-likeness (QED) is 0.771. The topological polar surface area (TPSA) is 46.5 Å². The summed E-state index contributed by atoms with van der Waals surface area (Å²) in [4.78, 5) is 11.2. The van der Waals surface area contributed by atoms with Gasteiger partial charge in [0.25, 0.3) is 0 Å². The summed E-state index contributed by atoms with van der Waals surface area (Å²) in [6.45, 7) is 0. The molecule has 1 N–H and O–H groups in total. The predicted octanol–water partition coefficient (Wildman–Crippen LogP) is 4.47. The molecule has 0 atom stereocenters. The largest absolute Gasteiger partial charge is 0.478 e. The van der Waals surface area contributed by atoms with Gasteiger partial charge < -0.3 is 9.84 Å². The van der Waals surface area contributed by atoms with Crippen LogP contribution >= 0.6 is 0 Å². The highest BCUT2D eigenvalue weighted by Gasteiger charge is 2.13. The highest BCUT2D eigenvalue weighted by atomic mass is 19.1. The van der Waals surface area contributed by atoms with Gasteiger partial charge in [-0.3, -0.25) is 0 Å². The summed E-state index contributed by atoms with van der Waals surface area (Å²) in [5, 5.41) is 10.4. The maximum atomic E-state index is 13.7. The second kappa shape index (κ2) is 5.25. The first kappa shape index (κ1) is 13.1. The van der Waals surface area contributed by atoms with Crippen molar-refractivity contribution in [3.8, 4) is 11.5 Å². The fraction of sp³-hybridized carbons (Fsp3) is 0. The first-order chi connectivity index (χ1) is 10.2. The van der Waals surface area contributed by atoms with Crippen LogP contribution in [-0.2, 0) is 0 Å². The third-order valence-corrected chi connectivity index (χ3v) is 3.17. The zero-order valence-electron chi connectivity index (χ0n) is 10.9. The molecule has 4 heteroatoms. The van der Waals surface area contributed by atoms with Crippen LogP contribution < -0.4 is 4.74 Å². The zero-order chi connectivity index (χ0) is 14.8. The number of carboxylic acids is 1. The van der Waals surface area contributed by atoms with Crippen molar-refractivity contribution in [1.82, 2.24) is 0 Å². The lowest BCUT2D eigenvalue weighted by atomic mass is 10.0. The monoisotopic (exact) mass is 282 g/mol. The fourth-order valence-corrected chi connectivity index (χ4v) is 2.19. The molecule has 3 rings (SSSR count). The van der Waals surface area contributed by atoms with Crippen LogP contribution in [0.1, 0.15) is 10.4 Å². The summed E-state index contributed by atoms with van der Waals surface area (Å²) in [5.74, 6) is -0.959. The second-order valence-corrected chi connectivity index (χ2v) is 4.49. The Labute approximate surface area is 120 Å². The second-order valence-electron chi connectivity index (χ2n) is 4.49. The first-order valence-corrected chi connectivity index (χ1v) is 6.34. The van der Waals surface area contributed by atoms with Gasteiger partial charge >= 0.3 is 5.97 Å². The van der Waals surface area contributed by atoms with Crippen LogP contribution in [0, 0.1) is 5.82 Å². The summed E-state index contributed by atoms with van der Waals surface area (Å²) < 4.78 is 19.3. The van der Waals surface area contributed by atoms with E-state index in [1.165, 1.54) is 24.3 Å². The maximum Gasteiger partial charge on any atom is 0.336 e. The van der Waals surface area contributed by atoms with Gasteiger partial charge in [-0.1, -0.05) is 36.4 Å². The predicted molar refractivity (Wildman–Crippen MR) is 77.4 cm³/mol. The van der Waals surface area contributed by atoms with E-state index in [2.05, 4.69) is 0 Å². The summed E-state index contributed by atoms with van der Waals surface area (Å²) in [5.41, 5.74) is 0.187. The van der Waals surface area contributed by atoms with Crippen LogP contribution in [-0.4, -0.2) is 11.1 Å². The normalized spacial score (nSPS) is 10.5. The molecule has 0 aliphatic heterocycles. The number of carboxylic acid groups (broad SMARTS) is 1. The van der Waals surface area contributed by atoms with E-state index in [4.69, 9.17) is 4.74 Å². The van der Waals surface area contributed by atoms with Gasteiger partial charge in [-0.2, -0.15) is 0 Å². The summed E-state index contributed by atoms with van der Waals surface area (Å²) in [6.07, 6.45) is 0. The number of hydrogen-bond acceptors (Lipinski definition) is 2. The Morgan fingerprint density at radius 2 is 1.52 bits per heavy atom. The fourth-order valence-electron chi connectivity index (χ4n) is 2.19. The molecule has 21 heavy (non-hydrogen) atoms. The lowest BCUT2D eigenvalue weighted by Crippen LogP contribution is -1.98. The molecule has 3 nitrogen and oxygen atoms in total. The molecule has 0 unspecified atom stereocenters. The van der Waals surface area contributed by atoms with Crippen molar-refractivity contribution >= 4 is 16.7 Å². The van der Waals surface area contributed by atoms with E-state index in [0.717, 1.165) is 0 Å². The molecule has 0 amide bonds. The molecule has 0 radical (unpaired) electrons. The molecule has 3 aromatic carbocycles. The number of aromatic carboxylic acids is 1. The molecule has 104 valence electrons. The highest BCUT2D eigenvalue weighted by molar-refractivity contribution is 6.05. The minimum atomic E-state index is -1.01. The molecule has 0 aromatic heterocycles. The third-order valence-electron chi connectivity index (χ3n) is 3.17. The summed E-state index contributed by atoms with van der Waals surface area (Å²) >= 11 is 0. The van der Waals surface area contributed by atoms with Crippen LogP contribution in [0.5, 0.6) is 11.5 Å². The van der Waals surface area contributed by atoms with Crippen molar-refractivity contribution in [3.63, 3.8) is 0 Å². The minimum absolute atomic E-state index is 0.103. The third kappa shape index (κ3) is 2.43. The molecule has 3 aromatic rings. The number of rotatable bonds is 3. The van der Waals surface area contributed by atoms with Crippen LogP contribution in [0.2, 0.25) is 0 Å². The van der Waals surface area contributed by atoms with E-state index in [1.54, 1.807) is 36.4 Å². The molecule has 0 spiro atoms. The van der Waals surface area contributed by atoms with Crippen LogP contribution in [0.4, 0.5) is 4.39 Å². The molecule has 0 heterocycles. The van der Waals surface area contributed by atoms with Crippen molar-refractivity contribution in [2.75, 3.05) is 0 Å². The molecule has 0 fully saturated rings. The SMILES string of the molecule is O=C(O)c1ccc(Oc2ccccc2F)c2ccccc12. The number of hydrogen-bond donors (Lipinski definition) is 1. The molecule has 0 saturated heterocycles. The van der Waals surface area contributed by atoms with Crippen molar-refractivity contribution < 1.29 is 19.0 Å². The van der Waals surface area contributed by atoms with E-state index >= 15 is 0 Å². The molecule has 0 aliphatic rings.